The molecule has 0 amide bonds. The Morgan fingerprint density at radius 3 is 1.15 bits per heavy atom. The van der Waals surface area contributed by atoms with Gasteiger partial charge in [-0.05, 0) is 0 Å². The lowest BCUT2D eigenvalue weighted by atomic mass is 9.69. The van der Waals surface area contributed by atoms with Gasteiger partial charge >= 0.3 is 0 Å². The van der Waals surface area contributed by atoms with E-state index in [9.17, 15) is 0 Å². The Labute approximate surface area is 167 Å². The van der Waals surface area contributed by atoms with Crippen LogP contribution in [0, 0.1) is 16.7 Å². The average molecular weight is 483 g/mol. The van der Waals surface area contributed by atoms with Gasteiger partial charge in [0, 0.05) is 16.7 Å². The SMILES string of the molecule is ClC(Cl)C1(C(Cl)Cl)C2[C@H](Cl)[C@@H](Cl)C1(C(Cl)Cl)[C@@H](Cl)[C@H]2Cl. The second kappa shape index (κ2) is 6.32. The average Bonchev–Trinajstić information content (AvgIpc) is 2.67. The van der Waals surface area contributed by atoms with Crippen LogP contribution < -0.4 is 0 Å². The van der Waals surface area contributed by atoms with E-state index in [1.807, 2.05) is 0 Å². The quantitative estimate of drug-likeness (QED) is 0.406. The van der Waals surface area contributed by atoms with E-state index < -0.39 is 52.8 Å². The van der Waals surface area contributed by atoms with Gasteiger partial charge in [0.1, 0.15) is 14.5 Å². The fourth-order valence-corrected chi connectivity index (χ4v) is 9.49. The van der Waals surface area contributed by atoms with Crippen molar-refractivity contribution >= 4 is 116 Å². The topological polar surface area (TPSA) is 0 Å². The first-order valence-corrected chi connectivity index (χ1v) is 9.86. The molecule has 2 bridgehead atoms. The van der Waals surface area contributed by atoms with Crippen molar-refractivity contribution in [1.29, 1.82) is 0 Å². The molecule has 6 atom stereocenters. The lowest BCUT2D eigenvalue weighted by molar-refractivity contribution is 0.135. The number of alkyl halides is 10. The molecule has 0 radical (unpaired) electrons. The maximum atomic E-state index is 6.47. The molecule has 2 aliphatic carbocycles. The van der Waals surface area contributed by atoms with E-state index in [1.165, 1.54) is 0 Å². The minimum absolute atomic E-state index is 0.518. The fourth-order valence-electron chi connectivity index (χ4n) is 3.71. The van der Waals surface area contributed by atoms with Gasteiger partial charge in [0.2, 0.25) is 0 Å². The molecule has 0 spiro atoms. The molecule has 0 aromatic heterocycles. The van der Waals surface area contributed by atoms with Gasteiger partial charge in [0.05, 0.1) is 21.5 Å². The minimum Gasteiger partial charge on any atom is -0.121 e. The maximum Gasteiger partial charge on any atom is 0.117 e. The van der Waals surface area contributed by atoms with E-state index in [0.29, 0.717) is 0 Å². The molecule has 2 saturated carbocycles. The highest BCUT2D eigenvalue weighted by atomic mass is 35.5. The summed E-state index contributed by atoms with van der Waals surface area (Å²) < 4.78 is 0. The van der Waals surface area contributed by atoms with Crippen molar-refractivity contribution in [3.8, 4) is 0 Å². The van der Waals surface area contributed by atoms with Crippen molar-refractivity contribution in [3.05, 3.63) is 0 Å². The van der Waals surface area contributed by atoms with Crippen molar-refractivity contribution in [2.75, 3.05) is 0 Å². The van der Waals surface area contributed by atoms with Crippen molar-refractivity contribution in [2.24, 2.45) is 16.7 Å². The molecule has 0 aromatic rings. The summed E-state index contributed by atoms with van der Waals surface area (Å²) >= 11 is 63.0. The van der Waals surface area contributed by atoms with Gasteiger partial charge in [-0.1, -0.05) is 0 Å². The lowest BCUT2D eigenvalue weighted by Crippen LogP contribution is -2.56. The first-order chi connectivity index (χ1) is 9.09. The summed E-state index contributed by atoms with van der Waals surface area (Å²) in [5.74, 6) is -0.518. The molecular weight excluding hydrogens is 475 g/mol. The zero-order valence-electron chi connectivity index (χ0n) is 9.40. The van der Waals surface area contributed by atoms with Crippen molar-refractivity contribution < 1.29 is 0 Å². The van der Waals surface area contributed by atoms with E-state index in [2.05, 4.69) is 0 Å². The van der Waals surface area contributed by atoms with Crippen LogP contribution in [-0.2, 0) is 0 Å². The van der Waals surface area contributed by atoms with Crippen LogP contribution in [0.2, 0.25) is 0 Å². The van der Waals surface area contributed by atoms with Crippen LogP contribution in [0.15, 0.2) is 0 Å². The smallest absolute Gasteiger partial charge is 0.117 e. The van der Waals surface area contributed by atoms with E-state index in [0.717, 1.165) is 0 Å². The molecule has 0 nitrogen and oxygen atoms in total. The summed E-state index contributed by atoms with van der Waals surface area (Å²) in [7, 11) is 0. The third-order valence-corrected chi connectivity index (χ3v) is 9.28. The van der Waals surface area contributed by atoms with Crippen LogP contribution in [-0.4, -0.2) is 36.0 Å². The highest BCUT2D eigenvalue weighted by Crippen LogP contribution is 2.77. The van der Waals surface area contributed by atoms with Gasteiger partial charge in [-0.3, -0.25) is 0 Å². The van der Waals surface area contributed by atoms with Crippen LogP contribution >= 0.6 is 116 Å². The molecule has 0 aliphatic heterocycles. The first kappa shape index (κ1) is 19.2. The Balaban J connectivity index is 2.78. The largest absolute Gasteiger partial charge is 0.121 e. The highest BCUT2D eigenvalue weighted by Gasteiger charge is 2.84. The Morgan fingerprint density at radius 2 is 0.950 bits per heavy atom. The number of hydrogen-bond acceptors (Lipinski definition) is 0. The van der Waals surface area contributed by atoms with Crippen LogP contribution in [0.1, 0.15) is 0 Å². The summed E-state index contributed by atoms with van der Waals surface area (Å²) in [4.78, 5) is -3.12. The van der Waals surface area contributed by atoms with Gasteiger partial charge in [-0.15, -0.1) is 116 Å². The summed E-state index contributed by atoms with van der Waals surface area (Å²) in [5, 5.41) is -2.64. The molecule has 2 unspecified atom stereocenters. The van der Waals surface area contributed by atoms with Crippen molar-refractivity contribution in [2.45, 2.75) is 36.0 Å². The zero-order chi connectivity index (χ0) is 15.6. The summed E-state index contributed by atoms with van der Waals surface area (Å²) in [6.07, 6.45) is 0. The standard InChI is InChI=1S/C10H8Cl10/c11-2-1-3(12)5(14)10(4(2)13,8(19)20)9(1,6(15)16)7(17)18/h1-8H/t1?,2-,3-,4-,5+,10?/m0/s1. The molecular formula is C10H8Cl10. The fraction of sp³-hybridized carbons (Fsp3) is 1.00. The predicted molar refractivity (Wildman–Crippen MR) is 93.4 cm³/mol. The molecule has 20 heavy (non-hydrogen) atoms. The lowest BCUT2D eigenvalue weighted by Gasteiger charge is -2.48. The van der Waals surface area contributed by atoms with E-state index in [-0.39, 0.29) is 0 Å². The van der Waals surface area contributed by atoms with Crippen LogP contribution in [0.5, 0.6) is 0 Å². The number of hydrogen-bond donors (Lipinski definition) is 0. The highest BCUT2D eigenvalue weighted by molar-refractivity contribution is 6.52. The Kier molecular flexibility index (Phi) is 6.08. The summed E-state index contributed by atoms with van der Waals surface area (Å²) in [6.45, 7) is 0. The van der Waals surface area contributed by atoms with E-state index in [4.69, 9.17) is 116 Å². The monoisotopic (exact) mass is 478 g/mol. The second-order valence-electron chi connectivity index (χ2n) is 4.99. The number of halogens is 10. The minimum atomic E-state index is -1.20. The van der Waals surface area contributed by atoms with Gasteiger partial charge in [-0.25, -0.2) is 0 Å². The molecule has 118 valence electrons. The van der Waals surface area contributed by atoms with Gasteiger partial charge in [0.15, 0.2) is 0 Å². The Morgan fingerprint density at radius 1 is 0.600 bits per heavy atom. The van der Waals surface area contributed by atoms with Gasteiger partial charge in [-0.2, -0.15) is 0 Å². The van der Waals surface area contributed by atoms with Crippen LogP contribution in [0.3, 0.4) is 0 Å². The van der Waals surface area contributed by atoms with Crippen LogP contribution in [0.4, 0.5) is 0 Å². The molecule has 0 saturated heterocycles. The zero-order valence-corrected chi connectivity index (χ0v) is 17.0. The molecule has 10 heteroatoms. The molecule has 0 heterocycles. The summed E-state index contributed by atoms with van der Waals surface area (Å²) in [6, 6.07) is 0. The maximum absolute atomic E-state index is 6.47. The first-order valence-electron chi connectivity index (χ1n) is 5.50. The molecule has 0 N–H and O–H groups in total. The third kappa shape index (κ3) is 2.03. The normalized spacial score (nSPS) is 47.0. The van der Waals surface area contributed by atoms with Crippen molar-refractivity contribution in [1.82, 2.24) is 0 Å². The molecule has 2 rings (SSSR count). The number of fused-ring (bicyclic) bond motifs is 2. The van der Waals surface area contributed by atoms with Crippen LogP contribution in [0.25, 0.3) is 0 Å². The van der Waals surface area contributed by atoms with Crippen molar-refractivity contribution in [3.63, 3.8) is 0 Å². The Bertz CT molecular complexity index is 347. The number of rotatable bonds is 3. The van der Waals surface area contributed by atoms with E-state index >= 15 is 0 Å². The van der Waals surface area contributed by atoms with E-state index in [1.54, 1.807) is 0 Å². The van der Waals surface area contributed by atoms with Gasteiger partial charge in [0.25, 0.3) is 0 Å². The van der Waals surface area contributed by atoms with Gasteiger partial charge < -0.3 is 0 Å². The second-order valence-corrected chi connectivity index (χ2v) is 10.2. The summed E-state index contributed by atoms with van der Waals surface area (Å²) in [5.41, 5.74) is -2.41. The molecule has 2 aliphatic rings. The molecule has 2 fully saturated rings. The third-order valence-electron chi connectivity index (χ3n) is 4.54. The molecule has 0 aromatic carbocycles. The predicted octanol–water partition coefficient (Wildman–Crippen LogP) is 6.44. The Hall–Kier alpha value is 2.90.